The number of hydrogen-bond acceptors (Lipinski definition) is 9. The van der Waals surface area contributed by atoms with Crippen molar-refractivity contribution in [3.8, 4) is 0 Å². The molecule has 1 aliphatic rings. The van der Waals surface area contributed by atoms with Gasteiger partial charge in [-0.15, -0.1) is 0 Å². The molecule has 0 aromatic carbocycles. The molecule has 13 nitrogen and oxygen atoms in total. The first kappa shape index (κ1) is 40.9. The van der Waals surface area contributed by atoms with Crippen LogP contribution in [0.5, 0.6) is 0 Å². The van der Waals surface area contributed by atoms with Gasteiger partial charge in [-0.25, -0.2) is 0 Å². The van der Waals surface area contributed by atoms with Gasteiger partial charge in [-0.3, -0.25) is 33.0 Å². The number of carbonyl (C=O) groups excluding carboxylic acids is 4. The number of amides is 4. The fraction of sp³-hybridized carbons (Fsp3) is 0.871. The number of carbonyl (C=O) groups is 4. The van der Waals surface area contributed by atoms with Crippen LogP contribution in [0.3, 0.4) is 0 Å². The molecule has 1 heterocycles. The molecular weight excluding hydrogens is 602 g/mol. The van der Waals surface area contributed by atoms with Crippen molar-refractivity contribution in [1.29, 1.82) is 0 Å². The van der Waals surface area contributed by atoms with Crippen LogP contribution >= 0.6 is 0 Å². The average Bonchev–Trinajstić information content (AvgIpc) is 3.43. The minimum atomic E-state index is -2.76. The van der Waals surface area contributed by atoms with Gasteiger partial charge in [0, 0.05) is 39.1 Å². The molecule has 0 aromatic heterocycles. The average molecular weight is 661 g/mol. The highest BCUT2D eigenvalue weighted by atomic mass is 32.2. The maximum Gasteiger partial charge on any atom is 0.245 e. The van der Waals surface area contributed by atoms with Gasteiger partial charge in [0.15, 0.2) is 0 Å². The zero-order valence-corrected chi connectivity index (χ0v) is 30.1. The second-order valence-electron chi connectivity index (χ2n) is 13.2. The smallest absolute Gasteiger partial charge is 0.245 e. The number of methoxy groups -OCH3 is 2. The van der Waals surface area contributed by atoms with Gasteiger partial charge in [-0.2, -0.15) is 0 Å². The highest BCUT2D eigenvalue weighted by Crippen LogP contribution is 2.29. The number of hydrogen-bond donors (Lipinski definition) is 2. The highest BCUT2D eigenvalue weighted by molar-refractivity contribution is 7.77. The van der Waals surface area contributed by atoms with Gasteiger partial charge in [0.05, 0.1) is 42.7 Å². The van der Waals surface area contributed by atoms with E-state index < -0.39 is 59.5 Å². The van der Waals surface area contributed by atoms with E-state index in [1.165, 1.54) is 14.2 Å². The van der Waals surface area contributed by atoms with Crippen LogP contribution < -0.4 is 10.0 Å². The summed E-state index contributed by atoms with van der Waals surface area (Å²) in [7, 11) is 8.33. The molecular formula is C31H58N5O8S-. The lowest BCUT2D eigenvalue weighted by molar-refractivity contribution is -0.148. The van der Waals surface area contributed by atoms with Crippen molar-refractivity contribution in [2.24, 2.45) is 23.7 Å². The van der Waals surface area contributed by atoms with Crippen molar-refractivity contribution >= 4 is 34.9 Å². The molecule has 4 amide bonds. The largest absolute Gasteiger partial charge is 0.755 e. The van der Waals surface area contributed by atoms with Crippen LogP contribution in [0, 0.1) is 23.7 Å². The number of rotatable bonds is 18. The van der Waals surface area contributed by atoms with E-state index in [1.54, 1.807) is 23.8 Å². The first-order valence-corrected chi connectivity index (χ1v) is 17.0. The van der Waals surface area contributed by atoms with E-state index >= 15 is 0 Å². The Bertz CT molecular complexity index is 1000. The SMILES string of the molecule is CC[C@H](C)[C@@H]([C@@H](CC(=O)N1CCC[C@H]1[C@H](OC)[C@@H](C)C(=O)NS(=O)[O-])OC)N(C)C(=O)C(NC(=O)C(C(C)C)N(C)C)C(C)C. The van der Waals surface area contributed by atoms with Crippen molar-refractivity contribution in [2.75, 3.05) is 41.9 Å². The second-order valence-corrected chi connectivity index (χ2v) is 13.8. The van der Waals surface area contributed by atoms with Gasteiger partial charge in [-0.1, -0.05) is 54.9 Å². The van der Waals surface area contributed by atoms with Crippen molar-refractivity contribution in [2.45, 2.75) is 111 Å². The Hall–Kier alpha value is -2.13. The molecule has 0 bridgehead atoms. The van der Waals surface area contributed by atoms with Crippen molar-refractivity contribution in [3.63, 3.8) is 0 Å². The van der Waals surface area contributed by atoms with Gasteiger partial charge in [0.1, 0.15) is 6.04 Å². The molecule has 1 aliphatic heterocycles. The molecule has 9 atom stereocenters. The minimum absolute atomic E-state index is 0.0179. The molecule has 262 valence electrons. The third kappa shape index (κ3) is 11.0. The van der Waals surface area contributed by atoms with Crippen LogP contribution in [0.15, 0.2) is 0 Å². The number of likely N-dealkylation sites (N-methyl/N-ethyl adjacent to an activating group) is 2. The van der Waals surface area contributed by atoms with Crippen LogP contribution in [0.2, 0.25) is 0 Å². The molecule has 45 heavy (non-hydrogen) atoms. The molecule has 1 rings (SSSR count). The van der Waals surface area contributed by atoms with Gasteiger partial charge in [0.2, 0.25) is 23.6 Å². The molecule has 0 aromatic rings. The summed E-state index contributed by atoms with van der Waals surface area (Å²) in [6, 6.07) is -2.08. The summed E-state index contributed by atoms with van der Waals surface area (Å²) >= 11 is -2.76. The summed E-state index contributed by atoms with van der Waals surface area (Å²) < 4.78 is 35.5. The lowest BCUT2D eigenvalue weighted by Gasteiger charge is -2.41. The van der Waals surface area contributed by atoms with Crippen LogP contribution in [0.4, 0.5) is 0 Å². The Kier molecular flexibility index (Phi) is 17.2. The summed E-state index contributed by atoms with van der Waals surface area (Å²) in [6.07, 6.45) is 0.618. The Morgan fingerprint density at radius 2 is 1.58 bits per heavy atom. The van der Waals surface area contributed by atoms with Crippen LogP contribution in [0.25, 0.3) is 0 Å². The summed E-state index contributed by atoms with van der Waals surface area (Å²) in [5.41, 5.74) is 0. The van der Waals surface area contributed by atoms with Crippen molar-refractivity contribution < 1.29 is 37.4 Å². The molecule has 14 heteroatoms. The summed E-state index contributed by atoms with van der Waals surface area (Å²) in [5, 5.41) is 3.00. The minimum Gasteiger partial charge on any atom is -0.755 e. The summed E-state index contributed by atoms with van der Waals surface area (Å²) in [4.78, 5) is 58.8. The standard InChI is InChI=1S/C31H59N5O8S/c1-13-20(6)27(35(10)31(40)25(18(2)3)32-30(39)26(19(4)5)34(8)9)23(43-11)17-24(37)36-16-14-15-22(36)28(44-12)21(7)29(38)33-45(41)42/h18-23,25-28H,13-17H2,1-12H3,(H,32,39)(H,33,38)(H,41,42)/p-1/t20-,21+,22-,23+,25?,26?,27-,28+/m0/s1. The second kappa shape index (κ2) is 18.9. The molecule has 1 saturated heterocycles. The maximum absolute atomic E-state index is 14.1. The molecule has 0 aliphatic carbocycles. The highest BCUT2D eigenvalue weighted by Gasteiger charge is 2.43. The van der Waals surface area contributed by atoms with Crippen LogP contribution in [-0.4, -0.2) is 125 Å². The van der Waals surface area contributed by atoms with E-state index in [9.17, 15) is 27.9 Å². The van der Waals surface area contributed by atoms with E-state index in [4.69, 9.17) is 9.47 Å². The molecule has 3 unspecified atom stereocenters. The predicted octanol–water partition coefficient (Wildman–Crippen LogP) is 1.54. The lowest BCUT2D eigenvalue weighted by atomic mass is 9.89. The lowest BCUT2D eigenvalue weighted by Crippen LogP contribution is -2.59. The Morgan fingerprint density at radius 1 is 0.978 bits per heavy atom. The van der Waals surface area contributed by atoms with Crippen LogP contribution in [0.1, 0.15) is 74.1 Å². The zero-order valence-electron chi connectivity index (χ0n) is 29.3. The molecule has 2 N–H and O–H groups in total. The number of likely N-dealkylation sites (tertiary alicyclic amines) is 1. The maximum atomic E-state index is 14.1. The third-order valence-electron chi connectivity index (χ3n) is 9.13. The Morgan fingerprint density at radius 3 is 2.02 bits per heavy atom. The van der Waals surface area contributed by atoms with E-state index in [2.05, 4.69) is 5.32 Å². The molecule has 0 saturated carbocycles. The zero-order chi connectivity index (χ0) is 34.8. The predicted molar refractivity (Wildman–Crippen MR) is 172 cm³/mol. The van der Waals surface area contributed by atoms with E-state index in [0.29, 0.717) is 19.4 Å². The number of nitrogens with zero attached hydrogens (tertiary/aromatic N) is 3. The molecule has 0 radical (unpaired) electrons. The first-order valence-electron chi connectivity index (χ1n) is 15.9. The third-order valence-corrected chi connectivity index (χ3v) is 9.50. The number of ether oxygens (including phenoxy) is 2. The van der Waals surface area contributed by atoms with Gasteiger partial charge < -0.3 is 29.1 Å². The first-order chi connectivity index (χ1) is 20.9. The van der Waals surface area contributed by atoms with Gasteiger partial charge in [0.25, 0.3) is 0 Å². The van der Waals surface area contributed by atoms with E-state index in [1.807, 2.05) is 65.3 Å². The van der Waals surface area contributed by atoms with Gasteiger partial charge >= 0.3 is 0 Å². The quantitative estimate of drug-likeness (QED) is 0.208. The van der Waals surface area contributed by atoms with E-state index in [-0.39, 0.29) is 41.9 Å². The topological polar surface area (TPSA) is 161 Å². The Labute approximate surface area is 272 Å². The van der Waals surface area contributed by atoms with Crippen molar-refractivity contribution in [1.82, 2.24) is 24.7 Å². The Balaban J connectivity index is 3.27. The summed E-state index contributed by atoms with van der Waals surface area (Å²) in [5.74, 6) is -2.40. The summed E-state index contributed by atoms with van der Waals surface area (Å²) in [6.45, 7) is 13.8. The fourth-order valence-corrected chi connectivity index (χ4v) is 6.94. The van der Waals surface area contributed by atoms with E-state index in [0.717, 1.165) is 6.42 Å². The fourth-order valence-electron chi connectivity index (χ4n) is 6.59. The molecule has 1 fully saturated rings. The monoisotopic (exact) mass is 660 g/mol. The van der Waals surface area contributed by atoms with Crippen molar-refractivity contribution in [3.05, 3.63) is 0 Å². The van der Waals surface area contributed by atoms with Crippen LogP contribution in [-0.2, 0) is 39.9 Å². The molecule has 0 spiro atoms. The normalized spacial score (nSPS) is 20.7. The van der Waals surface area contributed by atoms with Gasteiger partial charge in [-0.05, 0) is 44.7 Å². The number of nitrogens with one attached hydrogen (secondary N) is 2.